The van der Waals surface area contributed by atoms with E-state index in [1.54, 1.807) is 23.6 Å². The largest absolute Gasteiger partial charge is 0.359 e. The Hall–Kier alpha value is -2.38. The summed E-state index contributed by atoms with van der Waals surface area (Å²) in [6, 6.07) is 5.79. The van der Waals surface area contributed by atoms with E-state index in [9.17, 15) is 0 Å². The number of hydrogen-bond acceptors (Lipinski definition) is 5. The fourth-order valence-corrected chi connectivity index (χ4v) is 3.02. The molecule has 0 saturated heterocycles. The molecule has 3 heterocycles. The summed E-state index contributed by atoms with van der Waals surface area (Å²) in [5, 5.41) is 8.61. The SMILES string of the molecule is C=CCNC(=S)Nc1ccc2ncc(-c3cc(C)cs3)nc2n1. The molecule has 0 fully saturated rings. The second kappa shape index (κ2) is 6.80. The van der Waals surface area contributed by atoms with Gasteiger partial charge in [0.05, 0.1) is 11.1 Å². The summed E-state index contributed by atoms with van der Waals surface area (Å²) in [6.07, 6.45) is 3.52. The molecule has 2 N–H and O–H groups in total. The lowest BCUT2D eigenvalue weighted by atomic mass is 10.3. The smallest absolute Gasteiger partial charge is 0.180 e. The average molecular weight is 341 g/mol. The number of aryl methyl sites for hydroxylation is 1. The maximum atomic E-state index is 5.18. The van der Waals surface area contributed by atoms with Crippen molar-refractivity contribution in [2.45, 2.75) is 6.92 Å². The van der Waals surface area contributed by atoms with E-state index in [4.69, 9.17) is 12.2 Å². The van der Waals surface area contributed by atoms with Crippen LogP contribution in [0.25, 0.3) is 21.7 Å². The standard InChI is InChI=1S/C16H15N5S2/c1-3-6-17-16(22)21-14-5-4-11-15(20-14)19-12(8-18-11)13-7-10(2)9-23-13/h3-5,7-9H,1,6H2,2H3,(H2,17,19,20,21,22). The van der Waals surface area contributed by atoms with E-state index in [-0.39, 0.29) is 0 Å². The van der Waals surface area contributed by atoms with Crippen LogP contribution in [-0.4, -0.2) is 26.6 Å². The molecule has 3 aromatic heterocycles. The van der Waals surface area contributed by atoms with Crippen LogP contribution in [0.4, 0.5) is 5.82 Å². The summed E-state index contributed by atoms with van der Waals surface area (Å²) < 4.78 is 0. The van der Waals surface area contributed by atoms with Crippen molar-refractivity contribution in [1.29, 1.82) is 0 Å². The first kappa shape index (κ1) is 15.5. The van der Waals surface area contributed by atoms with Crippen LogP contribution >= 0.6 is 23.6 Å². The van der Waals surface area contributed by atoms with E-state index < -0.39 is 0 Å². The van der Waals surface area contributed by atoms with Gasteiger partial charge in [-0.2, -0.15) is 0 Å². The zero-order chi connectivity index (χ0) is 16.2. The minimum Gasteiger partial charge on any atom is -0.359 e. The zero-order valence-corrected chi connectivity index (χ0v) is 14.2. The van der Waals surface area contributed by atoms with Crippen LogP contribution in [0.2, 0.25) is 0 Å². The maximum Gasteiger partial charge on any atom is 0.180 e. The van der Waals surface area contributed by atoms with Crippen molar-refractivity contribution in [3.63, 3.8) is 0 Å². The predicted octanol–water partition coefficient (Wildman–Crippen LogP) is 3.53. The second-order valence-corrected chi connectivity index (χ2v) is 6.23. The third-order valence-corrected chi connectivity index (χ3v) is 4.36. The molecule has 0 aliphatic carbocycles. The van der Waals surface area contributed by atoms with Gasteiger partial charge < -0.3 is 10.6 Å². The molecule has 5 nitrogen and oxygen atoms in total. The first-order valence-corrected chi connectivity index (χ1v) is 8.29. The van der Waals surface area contributed by atoms with E-state index in [2.05, 4.69) is 50.5 Å². The Labute approximate surface area is 143 Å². The van der Waals surface area contributed by atoms with Crippen molar-refractivity contribution >= 4 is 45.6 Å². The van der Waals surface area contributed by atoms with Gasteiger partial charge in [-0.3, -0.25) is 4.98 Å². The average Bonchev–Trinajstić information content (AvgIpc) is 2.99. The minimum absolute atomic E-state index is 0.495. The molecule has 0 radical (unpaired) electrons. The Balaban J connectivity index is 1.88. The second-order valence-electron chi connectivity index (χ2n) is 4.91. The normalized spacial score (nSPS) is 10.5. The summed E-state index contributed by atoms with van der Waals surface area (Å²) in [5.41, 5.74) is 3.38. The molecule has 7 heteroatoms. The van der Waals surface area contributed by atoms with Gasteiger partial charge in [-0.15, -0.1) is 17.9 Å². The van der Waals surface area contributed by atoms with Gasteiger partial charge in [-0.1, -0.05) is 6.08 Å². The van der Waals surface area contributed by atoms with Gasteiger partial charge in [0, 0.05) is 6.54 Å². The van der Waals surface area contributed by atoms with Crippen molar-refractivity contribution in [2.75, 3.05) is 11.9 Å². The summed E-state index contributed by atoms with van der Waals surface area (Å²) in [6.45, 7) is 6.30. The van der Waals surface area contributed by atoms with Gasteiger partial charge in [0.2, 0.25) is 0 Å². The number of aromatic nitrogens is 3. The van der Waals surface area contributed by atoms with Crippen LogP contribution in [0.15, 0.2) is 42.4 Å². The molecule has 0 unspecified atom stereocenters. The summed E-state index contributed by atoms with van der Waals surface area (Å²) in [4.78, 5) is 14.6. The van der Waals surface area contributed by atoms with E-state index in [0.717, 1.165) is 16.1 Å². The van der Waals surface area contributed by atoms with Crippen molar-refractivity contribution in [3.05, 3.63) is 48.0 Å². The number of thiophene rings is 1. The van der Waals surface area contributed by atoms with Crippen molar-refractivity contribution in [1.82, 2.24) is 20.3 Å². The van der Waals surface area contributed by atoms with E-state index in [1.165, 1.54) is 5.56 Å². The fourth-order valence-electron chi connectivity index (χ4n) is 1.98. The van der Waals surface area contributed by atoms with E-state index in [1.807, 2.05) is 12.1 Å². The number of thiocarbonyl (C=S) groups is 1. The Bertz CT molecular complexity index is 872. The molecule has 116 valence electrons. The Kier molecular flexibility index (Phi) is 4.59. The van der Waals surface area contributed by atoms with Crippen molar-refractivity contribution < 1.29 is 0 Å². The third kappa shape index (κ3) is 3.69. The first-order valence-electron chi connectivity index (χ1n) is 7.01. The first-order chi connectivity index (χ1) is 11.2. The van der Waals surface area contributed by atoms with Crippen LogP contribution in [-0.2, 0) is 0 Å². The lowest BCUT2D eigenvalue weighted by molar-refractivity contribution is 1.06. The quantitative estimate of drug-likeness (QED) is 0.559. The topological polar surface area (TPSA) is 62.7 Å². The van der Waals surface area contributed by atoms with Crippen molar-refractivity contribution in [2.24, 2.45) is 0 Å². The molecular weight excluding hydrogens is 326 g/mol. The van der Waals surface area contributed by atoms with Crippen LogP contribution in [0.1, 0.15) is 5.56 Å². The lowest BCUT2D eigenvalue weighted by Gasteiger charge is -2.08. The van der Waals surface area contributed by atoms with Gasteiger partial charge >= 0.3 is 0 Å². The predicted molar refractivity (Wildman–Crippen MR) is 99.8 cm³/mol. The molecule has 0 atom stereocenters. The Morgan fingerprint density at radius 2 is 2.26 bits per heavy atom. The van der Waals surface area contributed by atoms with Crippen LogP contribution in [0.5, 0.6) is 0 Å². The number of pyridine rings is 1. The number of hydrogen-bond donors (Lipinski definition) is 2. The Morgan fingerprint density at radius 3 is 3.00 bits per heavy atom. The van der Waals surface area contributed by atoms with Crippen molar-refractivity contribution in [3.8, 4) is 10.6 Å². The molecule has 0 aliphatic heterocycles. The molecule has 0 amide bonds. The molecule has 0 spiro atoms. The number of nitrogens with zero attached hydrogens (tertiary/aromatic N) is 3. The van der Waals surface area contributed by atoms with Gasteiger partial charge in [-0.25, -0.2) is 9.97 Å². The summed E-state index contributed by atoms with van der Waals surface area (Å²) in [7, 11) is 0. The Morgan fingerprint density at radius 1 is 1.39 bits per heavy atom. The van der Waals surface area contributed by atoms with Gasteiger partial charge in [0.15, 0.2) is 10.8 Å². The highest BCUT2D eigenvalue weighted by Crippen LogP contribution is 2.25. The van der Waals surface area contributed by atoms with E-state index in [0.29, 0.717) is 23.1 Å². The highest BCUT2D eigenvalue weighted by Gasteiger charge is 2.07. The number of rotatable bonds is 4. The van der Waals surface area contributed by atoms with E-state index >= 15 is 0 Å². The number of nitrogens with one attached hydrogen (secondary N) is 2. The lowest BCUT2D eigenvalue weighted by Crippen LogP contribution is -2.28. The maximum absolute atomic E-state index is 5.18. The zero-order valence-electron chi connectivity index (χ0n) is 12.5. The van der Waals surface area contributed by atoms with Crippen LogP contribution in [0.3, 0.4) is 0 Å². The molecule has 0 aliphatic rings. The number of anilines is 1. The van der Waals surface area contributed by atoms with Gasteiger partial charge in [0.25, 0.3) is 0 Å². The molecule has 3 rings (SSSR count). The molecule has 3 aromatic rings. The molecule has 0 bridgehead atoms. The fraction of sp³-hybridized carbons (Fsp3) is 0.125. The monoisotopic (exact) mass is 341 g/mol. The van der Waals surface area contributed by atoms with Crippen LogP contribution in [0, 0.1) is 6.92 Å². The molecule has 23 heavy (non-hydrogen) atoms. The molecule has 0 aromatic carbocycles. The third-order valence-electron chi connectivity index (χ3n) is 3.04. The van der Waals surface area contributed by atoms with Gasteiger partial charge in [-0.05, 0) is 48.3 Å². The number of fused-ring (bicyclic) bond motifs is 1. The molecular formula is C16H15N5S2. The van der Waals surface area contributed by atoms with Gasteiger partial charge in [0.1, 0.15) is 17.0 Å². The highest BCUT2D eigenvalue weighted by atomic mass is 32.1. The highest BCUT2D eigenvalue weighted by molar-refractivity contribution is 7.80. The van der Waals surface area contributed by atoms with Crippen LogP contribution < -0.4 is 10.6 Å². The minimum atomic E-state index is 0.495. The molecule has 0 saturated carbocycles. The summed E-state index contributed by atoms with van der Waals surface area (Å²) in [5.74, 6) is 0.632. The summed E-state index contributed by atoms with van der Waals surface area (Å²) >= 11 is 6.83.